The highest BCUT2D eigenvalue weighted by atomic mass is 35.5. The van der Waals surface area contributed by atoms with Gasteiger partial charge in [-0.3, -0.25) is 0 Å². The molecule has 6 nitrogen and oxygen atoms in total. The maximum absolute atomic E-state index is 13.2. The minimum atomic E-state index is -3.02. The summed E-state index contributed by atoms with van der Waals surface area (Å²) in [5, 5.41) is 31.2. The summed E-state index contributed by atoms with van der Waals surface area (Å²) in [6, 6.07) is 8.33. The van der Waals surface area contributed by atoms with Crippen LogP contribution in [-0.2, 0) is 11.2 Å². The van der Waals surface area contributed by atoms with E-state index in [0.717, 1.165) is 9.88 Å². The van der Waals surface area contributed by atoms with E-state index in [9.17, 15) is 24.1 Å². The molecular formula is C20H18ClF2NO5S. The van der Waals surface area contributed by atoms with Crippen molar-refractivity contribution in [3.63, 3.8) is 0 Å². The molecule has 3 heterocycles. The Morgan fingerprint density at radius 2 is 1.93 bits per heavy atom. The number of alkyl halides is 2. The second-order valence-electron chi connectivity index (χ2n) is 6.95. The van der Waals surface area contributed by atoms with Gasteiger partial charge in [0.25, 0.3) is 6.43 Å². The molecule has 1 saturated heterocycles. The summed E-state index contributed by atoms with van der Waals surface area (Å²) in [6.07, 6.45) is -7.78. The lowest BCUT2D eigenvalue weighted by Gasteiger charge is -2.40. The summed E-state index contributed by atoms with van der Waals surface area (Å²) < 4.78 is 37.0. The van der Waals surface area contributed by atoms with Crippen molar-refractivity contribution in [1.82, 2.24) is 4.98 Å². The third kappa shape index (κ3) is 4.14. The Hall–Kier alpha value is -1.88. The molecule has 3 aromatic rings. The lowest BCUT2D eigenvalue weighted by molar-refractivity contribution is -0.251. The van der Waals surface area contributed by atoms with Crippen LogP contribution in [0.4, 0.5) is 8.78 Å². The fraction of sp³-hybridized carbons (Fsp3) is 0.350. The number of furan rings is 1. The first-order chi connectivity index (χ1) is 14.3. The molecule has 0 aliphatic carbocycles. The molecule has 30 heavy (non-hydrogen) atoms. The molecule has 0 unspecified atom stereocenters. The van der Waals surface area contributed by atoms with Gasteiger partial charge >= 0.3 is 0 Å². The molecule has 1 fully saturated rings. The van der Waals surface area contributed by atoms with E-state index in [1.165, 1.54) is 17.4 Å². The fourth-order valence-electron chi connectivity index (χ4n) is 3.38. The van der Waals surface area contributed by atoms with Crippen LogP contribution in [0.15, 0.2) is 47.2 Å². The summed E-state index contributed by atoms with van der Waals surface area (Å²) in [4.78, 5) is 5.22. The van der Waals surface area contributed by atoms with Gasteiger partial charge in [-0.25, -0.2) is 13.8 Å². The smallest absolute Gasteiger partial charge is 0.267 e. The number of rotatable bonds is 5. The van der Waals surface area contributed by atoms with Crippen LogP contribution in [0.1, 0.15) is 22.2 Å². The first-order valence-corrected chi connectivity index (χ1v) is 10.3. The number of aliphatic hydroxyl groups is 3. The van der Waals surface area contributed by atoms with Crippen LogP contribution >= 0.6 is 22.9 Å². The van der Waals surface area contributed by atoms with Gasteiger partial charge in [0.05, 0.1) is 16.1 Å². The number of hydrogen-bond donors (Lipinski definition) is 3. The second kappa shape index (κ2) is 8.70. The van der Waals surface area contributed by atoms with Gasteiger partial charge in [-0.2, -0.15) is 0 Å². The third-order valence-corrected chi connectivity index (χ3v) is 6.34. The van der Waals surface area contributed by atoms with E-state index in [1.54, 1.807) is 30.7 Å². The van der Waals surface area contributed by atoms with Crippen LogP contribution in [0.2, 0.25) is 5.02 Å². The monoisotopic (exact) mass is 457 g/mol. The lowest BCUT2D eigenvalue weighted by Crippen LogP contribution is -2.56. The highest BCUT2D eigenvalue weighted by Crippen LogP contribution is 2.36. The molecule has 4 rings (SSSR count). The predicted molar refractivity (Wildman–Crippen MR) is 106 cm³/mol. The van der Waals surface area contributed by atoms with Gasteiger partial charge < -0.3 is 24.5 Å². The summed E-state index contributed by atoms with van der Waals surface area (Å²) in [5.41, 5.74) is 1.01. The third-order valence-electron chi connectivity index (χ3n) is 4.96. The largest absolute Gasteiger partial charge is 0.463 e. The molecule has 160 valence electrons. The van der Waals surface area contributed by atoms with Gasteiger partial charge in [-0.05, 0) is 29.3 Å². The topological polar surface area (TPSA) is 96.0 Å². The Kier molecular flexibility index (Phi) is 6.19. The molecule has 10 heteroatoms. The van der Waals surface area contributed by atoms with Crippen LogP contribution in [0.5, 0.6) is 0 Å². The van der Waals surface area contributed by atoms with Gasteiger partial charge in [0.2, 0.25) is 0 Å². The molecule has 1 aromatic carbocycles. The number of thiazole rings is 1. The Morgan fingerprint density at radius 3 is 2.63 bits per heavy atom. The molecule has 1 aliphatic rings. The maximum Gasteiger partial charge on any atom is 0.267 e. The highest BCUT2D eigenvalue weighted by molar-refractivity contribution is 7.15. The van der Waals surface area contributed by atoms with Crippen LogP contribution < -0.4 is 0 Å². The van der Waals surface area contributed by atoms with Crippen molar-refractivity contribution >= 4 is 22.9 Å². The summed E-state index contributed by atoms with van der Waals surface area (Å²) >= 11 is 7.73. The average Bonchev–Trinajstić information content (AvgIpc) is 3.40. The van der Waals surface area contributed by atoms with Crippen molar-refractivity contribution < 1.29 is 33.3 Å². The van der Waals surface area contributed by atoms with Crippen molar-refractivity contribution in [2.75, 3.05) is 0 Å². The van der Waals surface area contributed by atoms with Gasteiger partial charge in [0.15, 0.2) is 0 Å². The van der Waals surface area contributed by atoms with E-state index >= 15 is 0 Å². The van der Waals surface area contributed by atoms with Gasteiger partial charge in [-0.15, -0.1) is 11.3 Å². The molecule has 1 aliphatic heterocycles. The Morgan fingerprint density at radius 1 is 1.13 bits per heavy atom. The van der Waals surface area contributed by atoms with Crippen molar-refractivity contribution in [2.45, 2.75) is 43.4 Å². The van der Waals surface area contributed by atoms with Crippen molar-refractivity contribution in [3.05, 3.63) is 63.9 Å². The summed E-state index contributed by atoms with van der Waals surface area (Å²) in [5.74, 6) is 0.697. The number of halogens is 3. The summed E-state index contributed by atoms with van der Waals surface area (Å²) in [6.45, 7) is 0. The molecule has 0 radical (unpaired) electrons. The second-order valence-corrected chi connectivity index (χ2v) is 8.47. The molecule has 3 N–H and O–H groups in total. The van der Waals surface area contributed by atoms with E-state index in [0.29, 0.717) is 28.3 Å². The maximum atomic E-state index is 13.2. The minimum Gasteiger partial charge on any atom is -0.463 e. The Labute approximate surface area is 179 Å². The predicted octanol–water partition coefficient (Wildman–Crippen LogP) is 3.44. The molecule has 0 bridgehead atoms. The van der Waals surface area contributed by atoms with E-state index in [1.807, 2.05) is 6.07 Å². The van der Waals surface area contributed by atoms with E-state index < -0.39 is 36.9 Å². The molecule has 5 atom stereocenters. The number of nitrogens with zero attached hydrogens (tertiary/aromatic N) is 1. The first kappa shape index (κ1) is 21.4. The van der Waals surface area contributed by atoms with Crippen LogP contribution in [0.25, 0.3) is 10.6 Å². The van der Waals surface area contributed by atoms with E-state index in [-0.39, 0.29) is 0 Å². The SMILES string of the molecule is O[C@@H]1[C@@H](O)[C@H](c2ccc(Cl)c(Cc3ncc(-c4ccco4)s3)c2)O[C@H](C(F)F)[C@H]1O. The number of aliphatic hydroxyl groups excluding tert-OH is 3. The van der Waals surface area contributed by atoms with Crippen molar-refractivity contribution in [2.24, 2.45) is 0 Å². The number of aromatic nitrogens is 1. The van der Waals surface area contributed by atoms with Crippen LogP contribution in [0.3, 0.4) is 0 Å². The number of benzene rings is 1. The van der Waals surface area contributed by atoms with Gasteiger partial charge in [0.1, 0.15) is 36.3 Å². The Balaban J connectivity index is 1.58. The molecule has 0 amide bonds. The normalized spacial score (nSPS) is 27.0. The van der Waals surface area contributed by atoms with Gasteiger partial charge in [0, 0.05) is 17.6 Å². The number of hydrogen-bond acceptors (Lipinski definition) is 7. The molecule has 0 saturated carbocycles. The van der Waals surface area contributed by atoms with Gasteiger partial charge in [-0.1, -0.05) is 23.7 Å². The van der Waals surface area contributed by atoms with Crippen molar-refractivity contribution in [1.29, 1.82) is 0 Å². The zero-order valence-electron chi connectivity index (χ0n) is 15.4. The fourth-order valence-corrected chi connectivity index (χ4v) is 4.48. The lowest BCUT2D eigenvalue weighted by atomic mass is 9.90. The van der Waals surface area contributed by atoms with E-state index in [2.05, 4.69) is 4.98 Å². The minimum absolute atomic E-state index is 0.362. The van der Waals surface area contributed by atoms with Crippen LogP contribution in [0, 0.1) is 0 Å². The average molecular weight is 458 g/mol. The first-order valence-electron chi connectivity index (χ1n) is 9.10. The number of ether oxygens (including phenoxy) is 1. The zero-order chi connectivity index (χ0) is 21.4. The highest BCUT2D eigenvalue weighted by Gasteiger charge is 2.47. The quantitative estimate of drug-likeness (QED) is 0.543. The molecule has 0 spiro atoms. The zero-order valence-corrected chi connectivity index (χ0v) is 16.9. The van der Waals surface area contributed by atoms with E-state index in [4.69, 9.17) is 20.8 Å². The van der Waals surface area contributed by atoms with Crippen molar-refractivity contribution in [3.8, 4) is 10.6 Å². The van der Waals surface area contributed by atoms with Crippen LogP contribution in [-0.4, -0.2) is 51.1 Å². The molecular weight excluding hydrogens is 440 g/mol. The molecule has 2 aromatic heterocycles. The summed E-state index contributed by atoms with van der Waals surface area (Å²) in [7, 11) is 0. The standard InChI is InChI=1S/C20H18ClF2NO5S/c21-11-4-3-9(18-16(26)15(25)17(27)19(29-18)20(22)23)6-10(11)7-14-24-8-13(30-14)12-2-1-5-28-12/h1-6,8,15-20,25-27H,7H2/t15-,16-,17+,18+,19+/m1/s1. The Bertz CT molecular complexity index is 999.